The van der Waals surface area contributed by atoms with Crippen LogP contribution < -0.4 is 0 Å². The van der Waals surface area contributed by atoms with Crippen LogP contribution in [0, 0.1) is 0 Å². The third-order valence-electron chi connectivity index (χ3n) is 1.62. The minimum Gasteiger partial charge on any atom is -0.497 e. The summed E-state index contributed by atoms with van der Waals surface area (Å²) in [5.74, 6) is 0.898. The fraction of sp³-hybridized carbons (Fsp3) is 0.556. The van der Waals surface area contributed by atoms with E-state index in [1.54, 1.807) is 7.11 Å². The van der Waals surface area contributed by atoms with E-state index in [4.69, 9.17) is 9.47 Å². The molecule has 1 rings (SSSR count). The molecule has 1 atom stereocenters. The molecule has 0 saturated heterocycles. The molecule has 0 radical (unpaired) electrons. The van der Waals surface area contributed by atoms with E-state index in [9.17, 15) is 0 Å². The molecule has 11 heavy (non-hydrogen) atoms. The van der Waals surface area contributed by atoms with E-state index in [1.807, 2.05) is 19.1 Å². The van der Waals surface area contributed by atoms with Gasteiger partial charge in [0.25, 0.3) is 0 Å². The van der Waals surface area contributed by atoms with Crippen molar-refractivity contribution in [2.45, 2.75) is 19.4 Å². The Kier molecular flexibility index (Phi) is 3.17. The lowest BCUT2D eigenvalue weighted by Crippen LogP contribution is -2.12. The average Bonchev–Trinajstić information content (AvgIpc) is 2.06. The standard InChI is InChI=1S/C9H14O2/c1-3-11-9-6-4-5-8(7-9)10-2/h4-5,7,9H,3,6H2,1-2H3. The van der Waals surface area contributed by atoms with Crippen LogP contribution in [0.25, 0.3) is 0 Å². The van der Waals surface area contributed by atoms with Gasteiger partial charge in [0.2, 0.25) is 0 Å². The fourth-order valence-electron chi connectivity index (χ4n) is 1.09. The van der Waals surface area contributed by atoms with E-state index < -0.39 is 0 Å². The molecule has 0 N–H and O–H groups in total. The molecule has 0 fully saturated rings. The van der Waals surface area contributed by atoms with Crippen LogP contribution in [0.15, 0.2) is 24.0 Å². The van der Waals surface area contributed by atoms with Crippen molar-refractivity contribution in [2.24, 2.45) is 0 Å². The molecule has 2 heteroatoms. The summed E-state index contributed by atoms with van der Waals surface area (Å²) in [6, 6.07) is 0. The second-order valence-electron chi connectivity index (χ2n) is 2.41. The van der Waals surface area contributed by atoms with Crippen molar-refractivity contribution < 1.29 is 9.47 Å². The maximum atomic E-state index is 5.41. The van der Waals surface area contributed by atoms with Crippen LogP contribution in [-0.4, -0.2) is 19.8 Å². The normalized spacial score (nSPS) is 23.1. The van der Waals surface area contributed by atoms with Gasteiger partial charge in [-0.15, -0.1) is 0 Å². The van der Waals surface area contributed by atoms with Gasteiger partial charge in [0, 0.05) is 6.61 Å². The molecule has 0 bridgehead atoms. The second-order valence-corrected chi connectivity index (χ2v) is 2.41. The molecule has 0 aromatic carbocycles. The predicted molar refractivity (Wildman–Crippen MR) is 44.3 cm³/mol. The van der Waals surface area contributed by atoms with Crippen LogP contribution in [-0.2, 0) is 9.47 Å². The Bertz CT molecular complexity index is 170. The maximum Gasteiger partial charge on any atom is 0.117 e. The Hall–Kier alpha value is -0.760. The van der Waals surface area contributed by atoms with Crippen LogP contribution in [0.4, 0.5) is 0 Å². The number of hydrogen-bond acceptors (Lipinski definition) is 2. The van der Waals surface area contributed by atoms with E-state index in [0.29, 0.717) is 0 Å². The lowest BCUT2D eigenvalue weighted by Gasteiger charge is -2.15. The first kappa shape index (κ1) is 8.34. The molecule has 1 aliphatic carbocycles. The molecule has 2 nitrogen and oxygen atoms in total. The number of methoxy groups -OCH3 is 1. The smallest absolute Gasteiger partial charge is 0.117 e. The zero-order chi connectivity index (χ0) is 8.10. The van der Waals surface area contributed by atoms with Crippen LogP contribution in [0.3, 0.4) is 0 Å². The van der Waals surface area contributed by atoms with Gasteiger partial charge in [-0.2, -0.15) is 0 Å². The van der Waals surface area contributed by atoms with Gasteiger partial charge in [-0.3, -0.25) is 0 Å². The van der Waals surface area contributed by atoms with Crippen LogP contribution in [0.2, 0.25) is 0 Å². The summed E-state index contributed by atoms with van der Waals surface area (Å²) in [7, 11) is 1.67. The van der Waals surface area contributed by atoms with E-state index in [2.05, 4.69) is 6.08 Å². The van der Waals surface area contributed by atoms with Crippen molar-refractivity contribution >= 4 is 0 Å². The largest absolute Gasteiger partial charge is 0.497 e. The van der Waals surface area contributed by atoms with Gasteiger partial charge in [0.1, 0.15) is 5.76 Å². The SMILES string of the molecule is CCOC1C=C(OC)C=CC1. The van der Waals surface area contributed by atoms with Gasteiger partial charge >= 0.3 is 0 Å². The lowest BCUT2D eigenvalue weighted by atomic mass is 10.1. The molecular formula is C9H14O2. The Morgan fingerprint density at radius 2 is 2.45 bits per heavy atom. The van der Waals surface area contributed by atoms with Gasteiger partial charge in [-0.05, 0) is 25.5 Å². The molecule has 0 spiro atoms. The molecule has 1 aliphatic rings. The van der Waals surface area contributed by atoms with Crippen molar-refractivity contribution in [3.8, 4) is 0 Å². The first-order valence-corrected chi connectivity index (χ1v) is 3.90. The van der Waals surface area contributed by atoms with Gasteiger partial charge in [-0.25, -0.2) is 0 Å². The Morgan fingerprint density at radius 1 is 1.64 bits per heavy atom. The van der Waals surface area contributed by atoms with Crippen molar-refractivity contribution in [1.82, 2.24) is 0 Å². The zero-order valence-corrected chi connectivity index (χ0v) is 7.04. The van der Waals surface area contributed by atoms with Crippen molar-refractivity contribution in [3.05, 3.63) is 24.0 Å². The molecule has 1 unspecified atom stereocenters. The quantitative estimate of drug-likeness (QED) is 0.618. The molecule has 62 valence electrons. The summed E-state index contributed by atoms with van der Waals surface area (Å²) in [6.07, 6.45) is 7.21. The minimum atomic E-state index is 0.208. The van der Waals surface area contributed by atoms with Crippen molar-refractivity contribution in [1.29, 1.82) is 0 Å². The highest BCUT2D eigenvalue weighted by atomic mass is 16.5. The first-order chi connectivity index (χ1) is 5.36. The van der Waals surface area contributed by atoms with Gasteiger partial charge < -0.3 is 9.47 Å². The van der Waals surface area contributed by atoms with Crippen molar-refractivity contribution in [3.63, 3.8) is 0 Å². The molecule has 0 amide bonds. The third-order valence-corrected chi connectivity index (χ3v) is 1.62. The number of rotatable bonds is 3. The Labute approximate surface area is 67.5 Å². The fourth-order valence-corrected chi connectivity index (χ4v) is 1.09. The molecule has 0 heterocycles. The molecule has 0 aliphatic heterocycles. The summed E-state index contributed by atoms with van der Waals surface area (Å²) in [5, 5.41) is 0. The Balaban J connectivity index is 2.47. The summed E-state index contributed by atoms with van der Waals surface area (Å²) in [5.41, 5.74) is 0. The molecule has 0 aromatic rings. The summed E-state index contributed by atoms with van der Waals surface area (Å²) in [4.78, 5) is 0. The topological polar surface area (TPSA) is 18.5 Å². The highest BCUT2D eigenvalue weighted by molar-refractivity contribution is 5.19. The van der Waals surface area contributed by atoms with E-state index in [-0.39, 0.29) is 6.10 Å². The predicted octanol–water partition coefficient (Wildman–Crippen LogP) is 1.88. The van der Waals surface area contributed by atoms with Crippen LogP contribution in [0.1, 0.15) is 13.3 Å². The van der Waals surface area contributed by atoms with E-state index in [1.165, 1.54) is 0 Å². The van der Waals surface area contributed by atoms with E-state index >= 15 is 0 Å². The van der Waals surface area contributed by atoms with Gasteiger partial charge in [0.15, 0.2) is 0 Å². The number of hydrogen-bond donors (Lipinski definition) is 0. The third kappa shape index (κ3) is 2.39. The molecule has 0 saturated carbocycles. The van der Waals surface area contributed by atoms with E-state index in [0.717, 1.165) is 18.8 Å². The highest BCUT2D eigenvalue weighted by Crippen LogP contribution is 2.13. The summed E-state index contributed by atoms with van der Waals surface area (Å²) in [6.45, 7) is 2.75. The second kappa shape index (κ2) is 4.19. The first-order valence-electron chi connectivity index (χ1n) is 3.90. The van der Waals surface area contributed by atoms with Crippen molar-refractivity contribution in [2.75, 3.05) is 13.7 Å². The molecule has 0 aromatic heterocycles. The van der Waals surface area contributed by atoms with Crippen LogP contribution in [0.5, 0.6) is 0 Å². The minimum absolute atomic E-state index is 0.208. The summed E-state index contributed by atoms with van der Waals surface area (Å²) < 4.78 is 10.5. The van der Waals surface area contributed by atoms with Crippen LogP contribution >= 0.6 is 0 Å². The summed E-state index contributed by atoms with van der Waals surface area (Å²) >= 11 is 0. The number of ether oxygens (including phenoxy) is 2. The van der Waals surface area contributed by atoms with Gasteiger partial charge in [0.05, 0.1) is 13.2 Å². The molecular weight excluding hydrogens is 140 g/mol. The lowest BCUT2D eigenvalue weighted by molar-refractivity contribution is 0.0937. The highest BCUT2D eigenvalue weighted by Gasteiger charge is 2.08. The average molecular weight is 154 g/mol. The Morgan fingerprint density at radius 3 is 3.09 bits per heavy atom. The van der Waals surface area contributed by atoms with Gasteiger partial charge in [-0.1, -0.05) is 6.08 Å². The zero-order valence-electron chi connectivity index (χ0n) is 7.04. The monoisotopic (exact) mass is 154 g/mol. The number of allylic oxidation sites excluding steroid dienone is 1. The maximum absolute atomic E-state index is 5.41.